The Labute approximate surface area is 131 Å². The van der Waals surface area contributed by atoms with Gasteiger partial charge < -0.3 is 9.47 Å². The van der Waals surface area contributed by atoms with Crippen molar-refractivity contribution >= 4 is 0 Å². The molecular formula is C19H34O2. The molecule has 3 rings (SSSR count). The molecule has 2 aliphatic heterocycles. The Kier molecular flexibility index (Phi) is 5.61. The van der Waals surface area contributed by atoms with E-state index in [1.54, 1.807) is 0 Å². The first kappa shape index (κ1) is 15.8. The predicted molar refractivity (Wildman–Crippen MR) is 86.3 cm³/mol. The van der Waals surface area contributed by atoms with Gasteiger partial charge in [0, 0.05) is 13.2 Å². The molecule has 4 unspecified atom stereocenters. The van der Waals surface area contributed by atoms with Crippen molar-refractivity contribution in [1.82, 2.24) is 0 Å². The van der Waals surface area contributed by atoms with Gasteiger partial charge in [0.05, 0.1) is 12.2 Å². The highest BCUT2D eigenvalue weighted by molar-refractivity contribution is 4.82. The Morgan fingerprint density at radius 1 is 0.619 bits per heavy atom. The average molecular weight is 294 g/mol. The standard InChI is InChI=1S/C19H34O2/c1-14-3-6-16(7-4-14)11-17-8-10-19(21-13-17)18-9-5-15(2)12-20-18/h14-19H,3-13H2,1-2H3. The van der Waals surface area contributed by atoms with Crippen molar-refractivity contribution in [3.8, 4) is 0 Å². The van der Waals surface area contributed by atoms with Crippen molar-refractivity contribution in [2.75, 3.05) is 13.2 Å². The molecule has 0 spiro atoms. The van der Waals surface area contributed by atoms with E-state index in [4.69, 9.17) is 9.47 Å². The lowest BCUT2D eigenvalue weighted by Gasteiger charge is -2.38. The second-order valence-electron chi connectivity index (χ2n) is 8.23. The molecule has 1 saturated carbocycles. The van der Waals surface area contributed by atoms with Crippen LogP contribution in [0.3, 0.4) is 0 Å². The van der Waals surface area contributed by atoms with Crippen LogP contribution in [0, 0.1) is 23.7 Å². The molecule has 4 atom stereocenters. The molecule has 3 aliphatic rings. The molecule has 0 radical (unpaired) electrons. The van der Waals surface area contributed by atoms with Crippen LogP contribution in [-0.2, 0) is 9.47 Å². The molecule has 0 aromatic rings. The molecule has 0 N–H and O–H groups in total. The van der Waals surface area contributed by atoms with Crippen LogP contribution in [0.25, 0.3) is 0 Å². The van der Waals surface area contributed by atoms with Crippen LogP contribution in [-0.4, -0.2) is 25.4 Å². The molecular weight excluding hydrogens is 260 g/mol. The highest BCUT2D eigenvalue weighted by atomic mass is 16.5. The van der Waals surface area contributed by atoms with Gasteiger partial charge in [-0.1, -0.05) is 39.5 Å². The zero-order valence-electron chi connectivity index (χ0n) is 14.1. The van der Waals surface area contributed by atoms with Gasteiger partial charge in [-0.3, -0.25) is 0 Å². The summed E-state index contributed by atoms with van der Waals surface area (Å²) in [6.07, 6.45) is 13.1. The highest BCUT2D eigenvalue weighted by Crippen LogP contribution is 2.36. The molecule has 2 heterocycles. The van der Waals surface area contributed by atoms with E-state index in [1.165, 1.54) is 57.8 Å². The van der Waals surface area contributed by atoms with Crippen LogP contribution in [0.4, 0.5) is 0 Å². The van der Waals surface area contributed by atoms with Crippen LogP contribution < -0.4 is 0 Å². The molecule has 3 fully saturated rings. The number of hydrogen-bond donors (Lipinski definition) is 0. The summed E-state index contributed by atoms with van der Waals surface area (Å²) in [5.41, 5.74) is 0. The Hall–Kier alpha value is -0.0800. The molecule has 0 aromatic carbocycles. The summed E-state index contributed by atoms with van der Waals surface area (Å²) in [7, 11) is 0. The number of rotatable bonds is 3. The SMILES string of the molecule is CC1CCC(CC2CCC(C3CCC(C)CO3)OC2)CC1. The smallest absolute Gasteiger partial charge is 0.0836 e. The average Bonchev–Trinajstić information content (AvgIpc) is 2.51. The molecule has 0 aromatic heterocycles. The maximum Gasteiger partial charge on any atom is 0.0836 e. The van der Waals surface area contributed by atoms with Crippen molar-refractivity contribution in [1.29, 1.82) is 0 Å². The normalized spacial score (nSPS) is 45.4. The van der Waals surface area contributed by atoms with Crippen molar-refractivity contribution in [3.05, 3.63) is 0 Å². The first-order chi connectivity index (χ1) is 10.2. The van der Waals surface area contributed by atoms with Gasteiger partial charge >= 0.3 is 0 Å². The fraction of sp³-hybridized carbons (Fsp3) is 1.00. The lowest BCUT2D eigenvalue weighted by molar-refractivity contribution is -0.130. The van der Waals surface area contributed by atoms with E-state index < -0.39 is 0 Å². The van der Waals surface area contributed by atoms with Crippen molar-refractivity contribution in [3.63, 3.8) is 0 Å². The minimum atomic E-state index is 0.387. The summed E-state index contributed by atoms with van der Waals surface area (Å²) in [4.78, 5) is 0. The van der Waals surface area contributed by atoms with E-state index in [9.17, 15) is 0 Å². The second-order valence-corrected chi connectivity index (χ2v) is 8.23. The van der Waals surface area contributed by atoms with Gasteiger partial charge in [0.2, 0.25) is 0 Å². The fourth-order valence-electron chi connectivity index (χ4n) is 4.54. The third kappa shape index (κ3) is 4.45. The minimum Gasteiger partial charge on any atom is -0.375 e. The number of ether oxygens (including phenoxy) is 2. The van der Waals surface area contributed by atoms with Gasteiger partial charge in [-0.2, -0.15) is 0 Å². The highest BCUT2D eigenvalue weighted by Gasteiger charge is 2.32. The van der Waals surface area contributed by atoms with E-state index in [0.717, 1.165) is 36.9 Å². The van der Waals surface area contributed by atoms with Gasteiger partial charge in [0.15, 0.2) is 0 Å². The zero-order chi connectivity index (χ0) is 14.7. The van der Waals surface area contributed by atoms with Gasteiger partial charge in [0.25, 0.3) is 0 Å². The zero-order valence-corrected chi connectivity index (χ0v) is 14.1. The lowest BCUT2D eigenvalue weighted by Crippen LogP contribution is -2.40. The summed E-state index contributed by atoms with van der Waals surface area (Å²) in [5.74, 6) is 3.52. The molecule has 122 valence electrons. The second kappa shape index (κ2) is 7.46. The van der Waals surface area contributed by atoms with Crippen molar-refractivity contribution in [2.24, 2.45) is 23.7 Å². The van der Waals surface area contributed by atoms with Crippen LogP contribution in [0.2, 0.25) is 0 Å². The van der Waals surface area contributed by atoms with Crippen LogP contribution >= 0.6 is 0 Å². The topological polar surface area (TPSA) is 18.5 Å². The van der Waals surface area contributed by atoms with Crippen LogP contribution in [0.5, 0.6) is 0 Å². The molecule has 2 heteroatoms. The molecule has 2 saturated heterocycles. The Morgan fingerprint density at radius 2 is 1.19 bits per heavy atom. The van der Waals surface area contributed by atoms with Crippen LogP contribution in [0.1, 0.15) is 71.6 Å². The summed E-state index contributed by atoms with van der Waals surface area (Å²) in [6.45, 7) is 6.63. The van der Waals surface area contributed by atoms with Gasteiger partial charge in [-0.25, -0.2) is 0 Å². The largest absolute Gasteiger partial charge is 0.375 e. The molecule has 2 nitrogen and oxygen atoms in total. The number of hydrogen-bond acceptors (Lipinski definition) is 2. The Morgan fingerprint density at radius 3 is 1.76 bits per heavy atom. The first-order valence-electron chi connectivity index (χ1n) is 9.44. The molecule has 21 heavy (non-hydrogen) atoms. The van der Waals surface area contributed by atoms with E-state index >= 15 is 0 Å². The monoisotopic (exact) mass is 294 g/mol. The third-order valence-corrected chi connectivity index (χ3v) is 6.16. The van der Waals surface area contributed by atoms with E-state index in [1.807, 2.05) is 0 Å². The minimum absolute atomic E-state index is 0.387. The van der Waals surface area contributed by atoms with Gasteiger partial charge in [-0.05, 0) is 55.8 Å². The summed E-state index contributed by atoms with van der Waals surface area (Å²) in [5, 5.41) is 0. The maximum atomic E-state index is 6.20. The molecule has 0 bridgehead atoms. The van der Waals surface area contributed by atoms with Crippen LogP contribution in [0.15, 0.2) is 0 Å². The summed E-state index contributed by atoms with van der Waals surface area (Å²) in [6, 6.07) is 0. The molecule has 0 amide bonds. The summed E-state index contributed by atoms with van der Waals surface area (Å²) < 4.78 is 12.2. The Bertz CT molecular complexity index is 293. The lowest BCUT2D eigenvalue weighted by atomic mass is 9.77. The van der Waals surface area contributed by atoms with E-state index in [-0.39, 0.29) is 0 Å². The predicted octanol–water partition coefficient (Wildman–Crippen LogP) is 4.81. The first-order valence-corrected chi connectivity index (χ1v) is 9.44. The van der Waals surface area contributed by atoms with Crippen molar-refractivity contribution < 1.29 is 9.47 Å². The summed E-state index contributed by atoms with van der Waals surface area (Å²) >= 11 is 0. The fourth-order valence-corrected chi connectivity index (χ4v) is 4.54. The van der Waals surface area contributed by atoms with Gasteiger partial charge in [0.1, 0.15) is 0 Å². The maximum absolute atomic E-state index is 6.20. The van der Waals surface area contributed by atoms with E-state index in [0.29, 0.717) is 12.2 Å². The Balaban J connectivity index is 1.37. The third-order valence-electron chi connectivity index (χ3n) is 6.16. The van der Waals surface area contributed by atoms with E-state index in [2.05, 4.69) is 13.8 Å². The quantitative estimate of drug-likeness (QED) is 0.743. The van der Waals surface area contributed by atoms with Gasteiger partial charge in [-0.15, -0.1) is 0 Å². The molecule has 1 aliphatic carbocycles. The van der Waals surface area contributed by atoms with Crippen molar-refractivity contribution in [2.45, 2.75) is 83.8 Å².